The van der Waals surface area contributed by atoms with Gasteiger partial charge in [0.1, 0.15) is 17.4 Å². The number of halogens is 1. The first kappa shape index (κ1) is 15.3. The lowest BCUT2D eigenvalue weighted by atomic mass is 10.3. The average molecular weight is 313 g/mol. The van der Waals surface area contributed by atoms with Crippen LogP contribution in [0.25, 0.3) is 0 Å². The number of imidazole rings is 1. The maximum atomic E-state index is 13.1. The molecule has 1 heterocycles. The molecule has 2 aromatic rings. The summed E-state index contributed by atoms with van der Waals surface area (Å²) in [5.41, 5.74) is -0.224. The summed E-state index contributed by atoms with van der Waals surface area (Å²) >= 11 is 0. The van der Waals surface area contributed by atoms with Crippen LogP contribution in [0, 0.1) is 12.7 Å². The fourth-order valence-corrected chi connectivity index (χ4v) is 2.94. The first-order valence-electron chi connectivity index (χ1n) is 6.38. The van der Waals surface area contributed by atoms with E-state index in [-0.39, 0.29) is 16.5 Å². The van der Waals surface area contributed by atoms with Crippen molar-refractivity contribution in [2.24, 2.45) is 0 Å². The van der Waals surface area contributed by atoms with Gasteiger partial charge in [0.2, 0.25) is 0 Å². The molecule has 2 N–H and O–H groups in total. The molecule has 6 nitrogen and oxygen atoms in total. The molecule has 1 aromatic carbocycles. The minimum absolute atomic E-state index is 0.169. The molecule has 2 rings (SSSR count). The molecule has 0 bridgehead atoms. The van der Waals surface area contributed by atoms with Gasteiger partial charge in [-0.1, -0.05) is 6.92 Å². The third-order valence-corrected chi connectivity index (χ3v) is 4.13. The normalized spacial score (nSPS) is 11.6. The van der Waals surface area contributed by atoms with Gasteiger partial charge in [-0.25, -0.2) is 9.37 Å². The van der Waals surface area contributed by atoms with Crippen LogP contribution in [0.3, 0.4) is 0 Å². The number of phenols is 1. The topological polar surface area (TPSA) is 84.2 Å². The Hall–Kier alpha value is -2.09. The van der Waals surface area contributed by atoms with E-state index in [1.807, 2.05) is 6.92 Å². The second-order valence-electron chi connectivity index (χ2n) is 4.59. The molecule has 0 saturated heterocycles. The maximum absolute atomic E-state index is 13.1. The predicted octanol–water partition coefficient (Wildman–Crippen LogP) is 2.25. The molecule has 114 valence electrons. The molecule has 0 aliphatic rings. The van der Waals surface area contributed by atoms with Crippen LogP contribution in [0.1, 0.15) is 19.2 Å². The minimum atomic E-state index is -3.98. The van der Waals surface area contributed by atoms with Gasteiger partial charge in [0.25, 0.3) is 10.0 Å². The average Bonchev–Trinajstić information content (AvgIpc) is 2.77. The van der Waals surface area contributed by atoms with Gasteiger partial charge in [0, 0.05) is 18.8 Å². The van der Waals surface area contributed by atoms with E-state index in [9.17, 15) is 17.9 Å². The van der Waals surface area contributed by atoms with Gasteiger partial charge >= 0.3 is 0 Å². The Bertz CT molecular complexity index is 756. The van der Waals surface area contributed by atoms with Crippen molar-refractivity contribution in [3.8, 4) is 5.75 Å². The smallest absolute Gasteiger partial charge is 0.281 e. The quantitative estimate of drug-likeness (QED) is 0.829. The van der Waals surface area contributed by atoms with E-state index in [1.165, 1.54) is 6.20 Å². The van der Waals surface area contributed by atoms with Crippen LogP contribution in [0.4, 0.5) is 10.1 Å². The second-order valence-corrected chi connectivity index (χ2v) is 6.22. The van der Waals surface area contributed by atoms with Crippen LogP contribution in [0.5, 0.6) is 5.75 Å². The van der Waals surface area contributed by atoms with Crippen molar-refractivity contribution < 1.29 is 17.9 Å². The number of benzene rings is 1. The summed E-state index contributed by atoms with van der Waals surface area (Å²) in [5, 5.41) is 9.40. The van der Waals surface area contributed by atoms with Crippen LogP contribution in [0.2, 0.25) is 0 Å². The van der Waals surface area contributed by atoms with Gasteiger partial charge in [-0.15, -0.1) is 0 Å². The van der Waals surface area contributed by atoms with Crippen LogP contribution < -0.4 is 4.72 Å². The Morgan fingerprint density at radius 2 is 2.14 bits per heavy atom. The van der Waals surface area contributed by atoms with Crippen molar-refractivity contribution in [2.45, 2.75) is 31.8 Å². The number of hydrogen-bond acceptors (Lipinski definition) is 4. The summed E-state index contributed by atoms with van der Waals surface area (Å²) in [5.74, 6) is -0.441. The van der Waals surface area contributed by atoms with Gasteiger partial charge in [-0.2, -0.15) is 8.42 Å². The molecular weight excluding hydrogens is 297 g/mol. The number of rotatable bonds is 5. The van der Waals surface area contributed by atoms with Gasteiger partial charge in [0.05, 0.1) is 5.69 Å². The van der Waals surface area contributed by atoms with Gasteiger partial charge in [0.15, 0.2) is 5.03 Å². The number of phenolic OH excluding ortho intramolecular Hbond substituents is 1. The highest BCUT2D eigenvalue weighted by Crippen LogP contribution is 2.26. The Balaban J connectivity index is 2.34. The zero-order valence-electron chi connectivity index (χ0n) is 11.7. The van der Waals surface area contributed by atoms with Gasteiger partial charge in [-0.05, 0) is 25.5 Å². The van der Waals surface area contributed by atoms with Crippen molar-refractivity contribution in [2.75, 3.05) is 4.72 Å². The molecule has 21 heavy (non-hydrogen) atoms. The van der Waals surface area contributed by atoms with Gasteiger partial charge in [-0.3, -0.25) is 4.72 Å². The lowest BCUT2D eigenvalue weighted by Crippen LogP contribution is -2.13. The summed E-state index contributed by atoms with van der Waals surface area (Å²) in [6.07, 6.45) is 2.26. The number of nitrogens with one attached hydrogen (secondary N) is 1. The lowest BCUT2D eigenvalue weighted by molar-refractivity contribution is 0.475. The molecule has 1 aromatic heterocycles. The molecule has 0 spiro atoms. The SMILES string of the molecule is CCCn1cc(S(=O)(=O)Nc2cc(F)ccc2O)nc1C. The second kappa shape index (κ2) is 5.72. The Kier molecular flexibility index (Phi) is 4.17. The molecule has 0 saturated carbocycles. The monoisotopic (exact) mass is 313 g/mol. The molecule has 0 aliphatic carbocycles. The standard InChI is InChI=1S/C13H16FN3O3S/c1-3-6-17-8-13(15-9(17)2)21(19,20)16-11-7-10(14)4-5-12(11)18/h4-5,7-8,16,18H,3,6H2,1-2H3. The van der Waals surface area contributed by atoms with E-state index in [0.29, 0.717) is 12.4 Å². The number of anilines is 1. The molecule has 0 fully saturated rings. The van der Waals surface area contributed by atoms with Crippen LogP contribution in [-0.2, 0) is 16.6 Å². The van der Waals surface area contributed by atoms with Crippen molar-refractivity contribution in [1.29, 1.82) is 0 Å². The van der Waals surface area contributed by atoms with E-state index in [2.05, 4.69) is 9.71 Å². The summed E-state index contributed by atoms with van der Waals surface area (Å²) in [4.78, 5) is 3.99. The number of hydrogen-bond donors (Lipinski definition) is 2. The van der Waals surface area contributed by atoms with Crippen LogP contribution >= 0.6 is 0 Å². The van der Waals surface area contributed by atoms with Crippen molar-refractivity contribution in [1.82, 2.24) is 9.55 Å². The number of aromatic hydroxyl groups is 1. The highest BCUT2D eigenvalue weighted by atomic mass is 32.2. The largest absolute Gasteiger partial charge is 0.506 e. The third-order valence-electron chi connectivity index (χ3n) is 2.90. The fourth-order valence-electron chi connectivity index (χ4n) is 1.86. The number of aromatic nitrogens is 2. The number of aryl methyl sites for hydroxylation is 2. The molecule has 0 unspecified atom stereocenters. The number of sulfonamides is 1. The van der Waals surface area contributed by atoms with Crippen molar-refractivity contribution >= 4 is 15.7 Å². The minimum Gasteiger partial charge on any atom is -0.506 e. The van der Waals surface area contributed by atoms with E-state index in [1.54, 1.807) is 11.5 Å². The van der Waals surface area contributed by atoms with Crippen molar-refractivity contribution in [3.63, 3.8) is 0 Å². The van der Waals surface area contributed by atoms with Crippen molar-refractivity contribution in [3.05, 3.63) is 36.0 Å². The first-order chi connectivity index (χ1) is 9.83. The van der Waals surface area contributed by atoms with Crippen LogP contribution in [0.15, 0.2) is 29.4 Å². The Labute approximate surface area is 122 Å². The van der Waals surface area contributed by atoms with E-state index < -0.39 is 15.8 Å². The summed E-state index contributed by atoms with van der Waals surface area (Å²) in [6, 6.07) is 3.02. The molecule has 8 heteroatoms. The third kappa shape index (κ3) is 3.33. The zero-order valence-corrected chi connectivity index (χ0v) is 12.5. The molecule has 0 aliphatic heterocycles. The fraction of sp³-hybridized carbons (Fsp3) is 0.308. The highest BCUT2D eigenvalue weighted by molar-refractivity contribution is 7.92. The summed E-state index contributed by atoms with van der Waals surface area (Å²) in [7, 11) is -3.98. The zero-order chi connectivity index (χ0) is 15.6. The van der Waals surface area contributed by atoms with Gasteiger partial charge < -0.3 is 9.67 Å². The Morgan fingerprint density at radius 3 is 2.81 bits per heavy atom. The van der Waals surface area contributed by atoms with E-state index in [0.717, 1.165) is 24.6 Å². The van der Waals surface area contributed by atoms with E-state index >= 15 is 0 Å². The van der Waals surface area contributed by atoms with Crippen LogP contribution in [-0.4, -0.2) is 23.1 Å². The Morgan fingerprint density at radius 1 is 1.43 bits per heavy atom. The molecule has 0 amide bonds. The lowest BCUT2D eigenvalue weighted by Gasteiger charge is -2.07. The molecule has 0 radical (unpaired) electrons. The maximum Gasteiger partial charge on any atom is 0.281 e. The number of nitrogens with zero attached hydrogens (tertiary/aromatic N) is 2. The molecule has 0 atom stereocenters. The summed E-state index contributed by atoms with van der Waals surface area (Å²) in [6.45, 7) is 4.32. The predicted molar refractivity (Wildman–Crippen MR) is 76.1 cm³/mol. The highest BCUT2D eigenvalue weighted by Gasteiger charge is 2.20. The molecular formula is C13H16FN3O3S. The summed E-state index contributed by atoms with van der Waals surface area (Å²) < 4.78 is 41.4. The first-order valence-corrected chi connectivity index (χ1v) is 7.87. The van der Waals surface area contributed by atoms with E-state index in [4.69, 9.17) is 0 Å².